The number of carbonyl (C=O) groups excluding carboxylic acids is 2. The van der Waals surface area contributed by atoms with Gasteiger partial charge in [0, 0.05) is 17.9 Å². The zero-order chi connectivity index (χ0) is 28.7. The van der Waals surface area contributed by atoms with Gasteiger partial charge >= 0.3 is 11.4 Å². The number of allylic oxidation sites excluding steroid dienone is 4. The Labute approximate surface area is 246 Å². The van der Waals surface area contributed by atoms with Crippen LogP contribution in [0, 0.1) is 0 Å². The number of nitrogens with zero attached hydrogens (tertiary/aromatic N) is 3. The molecule has 9 nitrogen and oxygen atoms in total. The number of hydrogen-bond acceptors (Lipinski definition) is 6. The normalized spacial score (nSPS) is 27.6. The first-order chi connectivity index (χ1) is 19.0. The van der Waals surface area contributed by atoms with Crippen LogP contribution in [0.3, 0.4) is 0 Å². The fraction of sp³-hybridized carbons (Fsp3) is 0.259. The topological polar surface area (TPSA) is 113 Å². The van der Waals surface area contributed by atoms with Crippen LogP contribution in [0.15, 0.2) is 79.8 Å². The lowest BCUT2D eigenvalue weighted by atomic mass is 9.59. The van der Waals surface area contributed by atoms with Gasteiger partial charge in [-0.1, -0.05) is 53.5 Å². The summed E-state index contributed by atoms with van der Waals surface area (Å²) in [6, 6.07) is 11.8. The van der Waals surface area contributed by atoms with Crippen molar-refractivity contribution in [3.63, 3.8) is 0 Å². The van der Waals surface area contributed by atoms with Gasteiger partial charge in [0.05, 0.1) is 25.4 Å². The van der Waals surface area contributed by atoms with Crippen molar-refractivity contribution in [1.82, 2.24) is 13.9 Å². The highest BCUT2D eigenvalue weighted by Gasteiger charge is 2.72. The Hall–Kier alpha value is -3.24. The number of halogens is 4. The van der Waals surface area contributed by atoms with E-state index in [2.05, 4.69) is 0 Å². The van der Waals surface area contributed by atoms with Crippen LogP contribution in [0.2, 0.25) is 0 Å². The molecule has 1 aliphatic heterocycles. The highest BCUT2D eigenvalue weighted by Crippen LogP contribution is 2.65. The number of methoxy groups -OCH3 is 1. The number of para-hydroxylation sites is 1. The van der Waals surface area contributed by atoms with Crippen LogP contribution in [0.4, 0.5) is 0 Å². The Morgan fingerprint density at radius 3 is 2.27 bits per heavy atom. The standard InChI is InChI=1S/C27H19Cl4N3O6/c1-40-17-9-5-8-16(35)18(17)19-14-10-11-32-24(38)33(13-6-3-2-4-7-13)25(39)34(32)15(14)12-26(30)22(36)20(28)21(29)23(37)27(19,26)31/h2-10,15,19,35H,11-12H2,1H3/t15-,19-,26-,27+/m1/s1. The first kappa shape index (κ1) is 27.0. The van der Waals surface area contributed by atoms with Crippen molar-refractivity contribution in [2.75, 3.05) is 7.11 Å². The number of fused-ring (bicyclic) bond motifs is 4. The molecule has 1 aromatic heterocycles. The van der Waals surface area contributed by atoms with E-state index in [0.29, 0.717) is 11.3 Å². The fourth-order valence-electron chi connectivity index (χ4n) is 6.09. The molecule has 2 heterocycles. The summed E-state index contributed by atoms with van der Waals surface area (Å²) < 4.78 is 8.95. The lowest BCUT2D eigenvalue weighted by Crippen LogP contribution is -2.67. The van der Waals surface area contributed by atoms with Crippen molar-refractivity contribution >= 4 is 58.0 Å². The lowest BCUT2D eigenvalue weighted by Gasteiger charge is -2.54. The molecule has 0 bridgehead atoms. The molecule has 0 radical (unpaired) electrons. The van der Waals surface area contributed by atoms with Crippen molar-refractivity contribution in [3.05, 3.63) is 96.8 Å². The molecule has 2 aromatic carbocycles. The number of alkyl halides is 2. The van der Waals surface area contributed by atoms with Crippen molar-refractivity contribution in [1.29, 1.82) is 0 Å². The van der Waals surface area contributed by atoms with E-state index in [9.17, 15) is 24.3 Å². The van der Waals surface area contributed by atoms with Crippen LogP contribution < -0.4 is 16.1 Å². The first-order valence-corrected chi connectivity index (χ1v) is 13.6. The molecule has 3 aliphatic rings. The summed E-state index contributed by atoms with van der Waals surface area (Å²) in [6.07, 6.45) is 1.27. The minimum atomic E-state index is -2.27. The van der Waals surface area contributed by atoms with Crippen LogP contribution in [-0.4, -0.2) is 47.5 Å². The summed E-state index contributed by atoms with van der Waals surface area (Å²) in [7, 11) is 1.36. The fourth-order valence-corrected chi connectivity index (χ4v) is 7.59. The van der Waals surface area contributed by atoms with Crippen molar-refractivity contribution < 1.29 is 19.4 Å². The molecule has 40 heavy (non-hydrogen) atoms. The number of carbonyl (C=O) groups is 2. The third-order valence-corrected chi connectivity index (χ3v) is 10.1. The molecule has 1 saturated carbocycles. The Kier molecular flexibility index (Phi) is 6.16. The summed E-state index contributed by atoms with van der Waals surface area (Å²) in [6.45, 7) is -0.0686. The van der Waals surface area contributed by atoms with Crippen molar-refractivity contribution in [3.8, 4) is 17.2 Å². The molecule has 2 aliphatic carbocycles. The number of ketones is 2. The summed E-state index contributed by atoms with van der Waals surface area (Å²) in [5, 5.41) is 9.89. The van der Waals surface area contributed by atoms with Crippen molar-refractivity contribution in [2.24, 2.45) is 0 Å². The summed E-state index contributed by atoms with van der Waals surface area (Å²) >= 11 is 26.7. The molecule has 1 fully saturated rings. The first-order valence-electron chi connectivity index (χ1n) is 12.1. The van der Waals surface area contributed by atoms with E-state index in [0.717, 1.165) is 4.57 Å². The van der Waals surface area contributed by atoms with Gasteiger partial charge in [-0.3, -0.25) is 9.59 Å². The second-order valence-corrected chi connectivity index (χ2v) is 11.7. The molecule has 6 rings (SSSR count). The van der Waals surface area contributed by atoms with Crippen LogP contribution in [0.1, 0.15) is 23.9 Å². The zero-order valence-corrected chi connectivity index (χ0v) is 23.6. The molecule has 4 atom stereocenters. The number of phenolic OH excluding ortho intramolecular Hbond substituents is 1. The molecule has 0 amide bonds. The molecule has 206 valence electrons. The maximum absolute atomic E-state index is 13.8. The van der Waals surface area contributed by atoms with Crippen LogP contribution in [-0.2, 0) is 16.1 Å². The number of ether oxygens (including phenoxy) is 1. The predicted molar refractivity (Wildman–Crippen MR) is 149 cm³/mol. The van der Waals surface area contributed by atoms with E-state index in [1.54, 1.807) is 42.5 Å². The Morgan fingerprint density at radius 1 is 0.925 bits per heavy atom. The van der Waals surface area contributed by atoms with E-state index in [1.807, 2.05) is 0 Å². The molecule has 3 aromatic rings. The molecule has 0 unspecified atom stereocenters. The van der Waals surface area contributed by atoms with Gasteiger partial charge in [0.15, 0.2) is 11.6 Å². The number of hydrogen-bond donors (Lipinski definition) is 1. The zero-order valence-electron chi connectivity index (χ0n) is 20.6. The number of aromatic hydroxyl groups is 1. The maximum Gasteiger partial charge on any atom is 0.352 e. The molecule has 1 N–H and O–H groups in total. The third-order valence-electron chi connectivity index (χ3n) is 7.87. The minimum Gasteiger partial charge on any atom is -0.508 e. The van der Waals surface area contributed by atoms with Gasteiger partial charge in [-0.15, -0.1) is 23.2 Å². The average molecular weight is 623 g/mol. The van der Waals surface area contributed by atoms with Gasteiger partial charge in [0.1, 0.15) is 31.3 Å². The van der Waals surface area contributed by atoms with Gasteiger partial charge < -0.3 is 9.84 Å². The Bertz CT molecular complexity index is 1810. The van der Waals surface area contributed by atoms with Crippen molar-refractivity contribution in [2.45, 2.75) is 34.7 Å². The van der Waals surface area contributed by atoms with Crippen LogP contribution in [0.25, 0.3) is 5.69 Å². The number of phenols is 1. The lowest BCUT2D eigenvalue weighted by molar-refractivity contribution is -0.128. The van der Waals surface area contributed by atoms with Crippen LogP contribution >= 0.6 is 46.4 Å². The average Bonchev–Trinajstić information content (AvgIpc) is 3.21. The SMILES string of the molecule is COc1cccc(O)c1[C@H]1C2=CCn3c(=O)n(-c4ccccc4)c(=O)n3[C@@H]2C[C@@]2(Cl)C(=O)C(Cl)=C(Cl)C(=O)[C@@]12Cl. The molecule has 0 spiro atoms. The van der Waals surface area contributed by atoms with Gasteiger partial charge in [-0.05, 0) is 29.8 Å². The second-order valence-electron chi connectivity index (χ2n) is 9.71. The second kappa shape index (κ2) is 9.14. The highest BCUT2D eigenvalue weighted by atomic mass is 35.5. The van der Waals surface area contributed by atoms with E-state index < -0.39 is 54.7 Å². The number of Topliss-reactive ketones (excluding diaryl/α,β-unsaturated/α-hetero) is 2. The summed E-state index contributed by atoms with van der Waals surface area (Å²) in [4.78, 5) is 50.3. The Balaban J connectivity index is 1.68. The largest absolute Gasteiger partial charge is 0.508 e. The van der Waals surface area contributed by atoms with E-state index in [-0.39, 0.29) is 30.0 Å². The number of benzene rings is 2. The molecular formula is C27H19Cl4N3O6. The number of aromatic nitrogens is 3. The smallest absolute Gasteiger partial charge is 0.352 e. The summed E-state index contributed by atoms with van der Waals surface area (Å²) in [5.74, 6) is -3.28. The Morgan fingerprint density at radius 2 is 1.60 bits per heavy atom. The monoisotopic (exact) mass is 621 g/mol. The summed E-state index contributed by atoms with van der Waals surface area (Å²) in [5.41, 5.74) is -0.511. The van der Waals surface area contributed by atoms with Gasteiger partial charge in [-0.2, -0.15) is 0 Å². The van der Waals surface area contributed by atoms with E-state index in [4.69, 9.17) is 51.1 Å². The maximum atomic E-state index is 13.8. The predicted octanol–water partition coefficient (Wildman–Crippen LogP) is 3.98. The third kappa shape index (κ3) is 3.29. The quantitative estimate of drug-likeness (QED) is 0.349. The molecule has 0 saturated heterocycles. The number of rotatable bonds is 3. The van der Waals surface area contributed by atoms with Gasteiger partial charge in [-0.25, -0.2) is 23.5 Å². The van der Waals surface area contributed by atoms with Crippen LogP contribution in [0.5, 0.6) is 11.5 Å². The highest BCUT2D eigenvalue weighted by molar-refractivity contribution is 6.66. The van der Waals surface area contributed by atoms with Gasteiger partial charge in [0.2, 0.25) is 0 Å². The minimum absolute atomic E-state index is 0.0657. The molecule has 13 heteroatoms. The molecular weight excluding hydrogens is 604 g/mol. The van der Waals surface area contributed by atoms with E-state index in [1.165, 1.54) is 28.6 Å². The van der Waals surface area contributed by atoms with Gasteiger partial charge in [0.25, 0.3) is 0 Å². The van der Waals surface area contributed by atoms with E-state index >= 15 is 0 Å².